The van der Waals surface area contributed by atoms with Crippen molar-refractivity contribution in [2.45, 2.75) is 52.9 Å². The highest BCUT2D eigenvalue weighted by Crippen LogP contribution is 2.42. The molecule has 0 radical (unpaired) electrons. The molecule has 1 fully saturated rings. The molecule has 0 bridgehead atoms. The van der Waals surface area contributed by atoms with Gasteiger partial charge in [-0.25, -0.2) is 0 Å². The molecule has 17 heavy (non-hydrogen) atoms. The predicted octanol–water partition coefficient (Wildman–Crippen LogP) is 2.30. The molecule has 1 aliphatic rings. The van der Waals surface area contributed by atoms with Gasteiger partial charge in [-0.2, -0.15) is 0 Å². The van der Waals surface area contributed by atoms with Crippen LogP contribution in [-0.2, 0) is 4.79 Å². The van der Waals surface area contributed by atoms with Crippen molar-refractivity contribution in [1.82, 2.24) is 5.32 Å². The first-order chi connectivity index (χ1) is 7.97. The number of rotatable bonds is 6. The van der Waals surface area contributed by atoms with Gasteiger partial charge in [0.05, 0.1) is 0 Å². The van der Waals surface area contributed by atoms with E-state index in [4.69, 9.17) is 5.73 Å². The second kappa shape index (κ2) is 6.39. The normalized spacial score (nSPS) is 24.6. The highest BCUT2D eigenvalue weighted by Gasteiger charge is 2.38. The average molecular weight is 240 g/mol. The maximum atomic E-state index is 12.0. The van der Waals surface area contributed by atoms with E-state index in [1.54, 1.807) is 0 Å². The maximum Gasteiger partial charge on any atom is 0.223 e. The van der Waals surface area contributed by atoms with E-state index in [1.165, 1.54) is 12.8 Å². The molecule has 0 aromatic rings. The molecule has 2 unspecified atom stereocenters. The van der Waals surface area contributed by atoms with Crippen molar-refractivity contribution < 1.29 is 4.79 Å². The molecule has 1 aliphatic carbocycles. The lowest BCUT2D eigenvalue weighted by Gasteiger charge is -2.25. The molecule has 0 aliphatic heterocycles. The SMILES string of the molecule is CC(CN)CCCNC(=O)C1CCCC1(C)C. The first-order valence-electron chi connectivity index (χ1n) is 6.95. The summed E-state index contributed by atoms with van der Waals surface area (Å²) in [6.45, 7) is 8.11. The molecule has 0 aromatic heterocycles. The Morgan fingerprint density at radius 3 is 2.76 bits per heavy atom. The quantitative estimate of drug-likeness (QED) is 0.700. The molecular formula is C14H28N2O. The summed E-state index contributed by atoms with van der Waals surface area (Å²) in [7, 11) is 0. The topological polar surface area (TPSA) is 55.1 Å². The monoisotopic (exact) mass is 240 g/mol. The van der Waals surface area contributed by atoms with Crippen LogP contribution in [0.15, 0.2) is 0 Å². The lowest BCUT2D eigenvalue weighted by molar-refractivity contribution is -0.127. The summed E-state index contributed by atoms with van der Waals surface area (Å²) < 4.78 is 0. The fraction of sp³-hybridized carbons (Fsp3) is 0.929. The van der Waals surface area contributed by atoms with E-state index in [1.807, 2.05) is 0 Å². The van der Waals surface area contributed by atoms with Gasteiger partial charge in [-0.05, 0) is 43.6 Å². The van der Waals surface area contributed by atoms with Crippen molar-refractivity contribution in [3.63, 3.8) is 0 Å². The molecule has 100 valence electrons. The third-order valence-corrected chi connectivity index (χ3v) is 4.15. The summed E-state index contributed by atoms with van der Waals surface area (Å²) in [5.41, 5.74) is 5.75. The van der Waals surface area contributed by atoms with Crippen LogP contribution in [0.5, 0.6) is 0 Å². The second-order valence-corrected chi connectivity index (χ2v) is 6.21. The summed E-state index contributed by atoms with van der Waals surface area (Å²) >= 11 is 0. The largest absolute Gasteiger partial charge is 0.356 e. The fourth-order valence-corrected chi connectivity index (χ4v) is 2.72. The maximum absolute atomic E-state index is 12.0. The minimum atomic E-state index is 0.189. The Morgan fingerprint density at radius 2 is 2.24 bits per heavy atom. The Kier molecular flexibility index (Phi) is 5.44. The van der Waals surface area contributed by atoms with Crippen molar-refractivity contribution in [2.24, 2.45) is 23.0 Å². The van der Waals surface area contributed by atoms with Gasteiger partial charge in [0.25, 0.3) is 0 Å². The summed E-state index contributed by atoms with van der Waals surface area (Å²) in [5.74, 6) is 1.04. The molecule has 2 atom stereocenters. The molecule has 3 nitrogen and oxygen atoms in total. The Balaban J connectivity index is 2.21. The molecule has 0 spiro atoms. The average Bonchev–Trinajstić information content (AvgIpc) is 2.63. The molecule has 1 rings (SSSR count). The van der Waals surface area contributed by atoms with Gasteiger partial charge < -0.3 is 11.1 Å². The van der Waals surface area contributed by atoms with Crippen LogP contribution in [0.25, 0.3) is 0 Å². The van der Waals surface area contributed by atoms with Crippen LogP contribution in [0, 0.1) is 17.3 Å². The van der Waals surface area contributed by atoms with Gasteiger partial charge in [-0.1, -0.05) is 27.2 Å². The Hall–Kier alpha value is -0.570. The van der Waals surface area contributed by atoms with Gasteiger partial charge in [0.15, 0.2) is 0 Å². The van der Waals surface area contributed by atoms with Crippen LogP contribution in [0.2, 0.25) is 0 Å². The highest BCUT2D eigenvalue weighted by atomic mass is 16.1. The van der Waals surface area contributed by atoms with E-state index in [0.717, 1.165) is 32.4 Å². The zero-order chi connectivity index (χ0) is 12.9. The van der Waals surface area contributed by atoms with Crippen LogP contribution >= 0.6 is 0 Å². The lowest BCUT2D eigenvalue weighted by Crippen LogP contribution is -2.36. The molecule has 0 heterocycles. The summed E-state index contributed by atoms with van der Waals surface area (Å²) in [6.07, 6.45) is 5.56. The Morgan fingerprint density at radius 1 is 1.53 bits per heavy atom. The van der Waals surface area contributed by atoms with E-state index >= 15 is 0 Å². The van der Waals surface area contributed by atoms with Gasteiger partial charge in [-0.3, -0.25) is 4.79 Å². The number of carbonyl (C=O) groups is 1. The standard InChI is InChI=1S/C14H28N2O/c1-11(10-15)6-5-9-16-13(17)12-7-4-8-14(12,2)3/h11-12H,4-10,15H2,1-3H3,(H,16,17). The van der Waals surface area contributed by atoms with Gasteiger partial charge >= 0.3 is 0 Å². The first kappa shape index (κ1) is 14.5. The summed E-state index contributed by atoms with van der Waals surface area (Å²) in [4.78, 5) is 12.0. The molecule has 3 N–H and O–H groups in total. The second-order valence-electron chi connectivity index (χ2n) is 6.21. The summed E-state index contributed by atoms with van der Waals surface area (Å²) in [5, 5.41) is 3.08. The van der Waals surface area contributed by atoms with E-state index in [2.05, 4.69) is 26.1 Å². The van der Waals surface area contributed by atoms with Crippen LogP contribution < -0.4 is 11.1 Å². The Labute approximate surface area is 106 Å². The summed E-state index contributed by atoms with van der Waals surface area (Å²) in [6, 6.07) is 0. The molecule has 3 heteroatoms. The van der Waals surface area contributed by atoms with E-state index in [9.17, 15) is 4.79 Å². The van der Waals surface area contributed by atoms with Crippen LogP contribution in [0.1, 0.15) is 52.9 Å². The van der Waals surface area contributed by atoms with Crippen LogP contribution in [0.3, 0.4) is 0 Å². The molecule has 0 saturated heterocycles. The lowest BCUT2D eigenvalue weighted by atomic mass is 9.81. The van der Waals surface area contributed by atoms with Gasteiger partial charge in [-0.15, -0.1) is 0 Å². The van der Waals surface area contributed by atoms with E-state index in [-0.39, 0.29) is 17.2 Å². The molecule has 0 aromatic carbocycles. The molecule has 1 amide bonds. The molecule has 1 saturated carbocycles. The van der Waals surface area contributed by atoms with Gasteiger partial charge in [0.2, 0.25) is 5.91 Å². The smallest absolute Gasteiger partial charge is 0.223 e. The fourth-order valence-electron chi connectivity index (χ4n) is 2.72. The minimum absolute atomic E-state index is 0.189. The van der Waals surface area contributed by atoms with Crippen molar-refractivity contribution in [3.8, 4) is 0 Å². The van der Waals surface area contributed by atoms with Gasteiger partial charge in [0.1, 0.15) is 0 Å². The third kappa shape index (κ3) is 4.30. The number of nitrogens with two attached hydrogens (primary N) is 1. The van der Waals surface area contributed by atoms with Crippen molar-refractivity contribution in [1.29, 1.82) is 0 Å². The van der Waals surface area contributed by atoms with Gasteiger partial charge in [0, 0.05) is 12.5 Å². The zero-order valence-electron chi connectivity index (χ0n) is 11.6. The number of carbonyl (C=O) groups excluding carboxylic acids is 1. The van der Waals surface area contributed by atoms with E-state index < -0.39 is 0 Å². The third-order valence-electron chi connectivity index (χ3n) is 4.15. The first-order valence-corrected chi connectivity index (χ1v) is 6.95. The minimum Gasteiger partial charge on any atom is -0.356 e. The van der Waals surface area contributed by atoms with Crippen LogP contribution in [-0.4, -0.2) is 19.0 Å². The number of hydrogen-bond acceptors (Lipinski definition) is 2. The Bertz CT molecular complexity index is 251. The highest BCUT2D eigenvalue weighted by molar-refractivity contribution is 5.79. The predicted molar refractivity (Wildman–Crippen MR) is 71.6 cm³/mol. The number of amides is 1. The van der Waals surface area contributed by atoms with Crippen molar-refractivity contribution in [3.05, 3.63) is 0 Å². The van der Waals surface area contributed by atoms with Crippen molar-refractivity contribution >= 4 is 5.91 Å². The molecular weight excluding hydrogens is 212 g/mol. The number of hydrogen-bond donors (Lipinski definition) is 2. The van der Waals surface area contributed by atoms with Crippen molar-refractivity contribution in [2.75, 3.05) is 13.1 Å². The van der Waals surface area contributed by atoms with Crippen LogP contribution in [0.4, 0.5) is 0 Å². The van der Waals surface area contributed by atoms with E-state index in [0.29, 0.717) is 5.92 Å². The zero-order valence-corrected chi connectivity index (χ0v) is 11.6. The number of nitrogens with one attached hydrogen (secondary N) is 1.